The van der Waals surface area contributed by atoms with Crippen LogP contribution in [0.5, 0.6) is 0 Å². The standard InChI is InChI=1S/C13H22N2O/c1-10(16-12-4-3-5-12)8-13(2,9-14)15-11-6-7-11/h10-12,15H,3-8H2,1-2H3. The summed E-state index contributed by atoms with van der Waals surface area (Å²) < 4.78 is 5.89. The fraction of sp³-hybridized carbons (Fsp3) is 0.923. The minimum atomic E-state index is -0.412. The van der Waals surface area contributed by atoms with E-state index in [4.69, 9.17) is 4.74 Å². The second kappa shape index (κ2) is 4.73. The molecule has 3 heteroatoms. The highest BCUT2D eigenvalue weighted by molar-refractivity contribution is 5.08. The van der Waals surface area contributed by atoms with Gasteiger partial charge in [0.2, 0.25) is 0 Å². The van der Waals surface area contributed by atoms with E-state index in [2.05, 4.69) is 18.3 Å². The second-order valence-electron chi connectivity index (χ2n) is 5.57. The Labute approximate surface area is 98.2 Å². The van der Waals surface area contributed by atoms with E-state index in [0.29, 0.717) is 12.1 Å². The van der Waals surface area contributed by atoms with Gasteiger partial charge in [-0.15, -0.1) is 0 Å². The monoisotopic (exact) mass is 222 g/mol. The number of nitriles is 1. The summed E-state index contributed by atoms with van der Waals surface area (Å²) in [7, 11) is 0. The van der Waals surface area contributed by atoms with Crippen molar-refractivity contribution in [3.8, 4) is 6.07 Å². The lowest BCUT2D eigenvalue weighted by molar-refractivity contribution is -0.0519. The lowest BCUT2D eigenvalue weighted by Crippen LogP contribution is -2.45. The molecule has 2 unspecified atom stereocenters. The summed E-state index contributed by atoms with van der Waals surface area (Å²) in [6.45, 7) is 4.08. The molecule has 16 heavy (non-hydrogen) atoms. The lowest BCUT2D eigenvalue weighted by atomic mass is 9.93. The second-order valence-corrected chi connectivity index (χ2v) is 5.57. The van der Waals surface area contributed by atoms with Gasteiger partial charge in [0.25, 0.3) is 0 Å². The van der Waals surface area contributed by atoms with Gasteiger partial charge in [0.15, 0.2) is 0 Å². The Kier molecular flexibility index (Phi) is 3.51. The number of nitrogens with one attached hydrogen (secondary N) is 1. The quantitative estimate of drug-likeness (QED) is 0.750. The summed E-state index contributed by atoms with van der Waals surface area (Å²) in [5, 5.41) is 12.7. The first-order chi connectivity index (χ1) is 7.61. The molecule has 2 fully saturated rings. The fourth-order valence-electron chi connectivity index (χ4n) is 2.27. The van der Waals surface area contributed by atoms with Crippen LogP contribution in [0, 0.1) is 11.3 Å². The molecule has 0 aromatic rings. The predicted molar refractivity (Wildman–Crippen MR) is 63.0 cm³/mol. The van der Waals surface area contributed by atoms with Crippen LogP contribution in [0.25, 0.3) is 0 Å². The highest BCUT2D eigenvalue weighted by Gasteiger charge is 2.34. The third-order valence-corrected chi connectivity index (χ3v) is 3.52. The number of hydrogen-bond donors (Lipinski definition) is 1. The zero-order chi connectivity index (χ0) is 11.6. The van der Waals surface area contributed by atoms with Crippen LogP contribution >= 0.6 is 0 Å². The highest BCUT2D eigenvalue weighted by Crippen LogP contribution is 2.28. The fourth-order valence-corrected chi connectivity index (χ4v) is 2.27. The third kappa shape index (κ3) is 3.20. The smallest absolute Gasteiger partial charge is 0.106 e. The SMILES string of the molecule is CC(CC(C)(C#N)NC1CC1)OC1CCC1. The van der Waals surface area contributed by atoms with Gasteiger partial charge in [0, 0.05) is 12.5 Å². The Morgan fingerprint density at radius 1 is 1.44 bits per heavy atom. The number of rotatable bonds is 6. The molecule has 0 aliphatic heterocycles. The van der Waals surface area contributed by atoms with Gasteiger partial charge < -0.3 is 4.74 Å². The minimum Gasteiger partial charge on any atom is -0.375 e. The molecule has 0 amide bonds. The van der Waals surface area contributed by atoms with E-state index in [1.54, 1.807) is 0 Å². The predicted octanol–water partition coefficient (Wildman–Crippen LogP) is 2.37. The van der Waals surface area contributed by atoms with Gasteiger partial charge in [-0.2, -0.15) is 5.26 Å². The van der Waals surface area contributed by atoms with Crippen LogP contribution in [0.1, 0.15) is 52.4 Å². The molecule has 0 aromatic carbocycles. The normalized spacial score (nSPS) is 26.6. The van der Waals surface area contributed by atoms with Crippen LogP contribution in [0.2, 0.25) is 0 Å². The van der Waals surface area contributed by atoms with Crippen molar-refractivity contribution < 1.29 is 4.74 Å². The average molecular weight is 222 g/mol. The van der Waals surface area contributed by atoms with Crippen LogP contribution in [-0.4, -0.2) is 23.8 Å². The molecule has 0 heterocycles. The minimum absolute atomic E-state index is 0.182. The number of ether oxygens (including phenoxy) is 1. The molecule has 0 spiro atoms. The maximum Gasteiger partial charge on any atom is 0.106 e. The molecule has 0 radical (unpaired) electrons. The van der Waals surface area contributed by atoms with E-state index in [-0.39, 0.29) is 6.10 Å². The summed E-state index contributed by atoms with van der Waals surface area (Å²) >= 11 is 0. The molecule has 2 atom stereocenters. The van der Waals surface area contributed by atoms with E-state index in [1.807, 2.05) is 6.92 Å². The van der Waals surface area contributed by atoms with Crippen LogP contribution in [0.15, 0.2) is 0 Å². The molecule has 2 rings (SSSR count). The zero-order valence-electron chi connectivity index (χ0n) is 10.3. The first kappa shape index (κ1) is 11.9. The largest absolute Gasteiger partial charge is 0.375 e. The van der Waals surface area contributed by atoms with Crippen LogP contribution in [-0.2, 0) is 4.74 Å². The summed E-state index contributed by atoms with van der Waals surface area (Å²) in [5.41, 5.74) is -0.412. The molecular formula is C13H22N2O. The Bertz CT molecular complexity index is 278. The van der Waals surface area contributed by atoms with Crippen LogP contribution in [0.4, 0.5) is 0 Å². The Morgan fingerprint density at radius 3 is 2.56 bits per heavy atom. The summed E-state index contributed by atoms with van der Waals surface area (Å²) in [5.74, 6) is 0. The Morgan fingerprint density at radius 2 is 2.12 bits per heavy atom. The van der Waals surface area contributed by atoms with Crippen molar-refractivity contribution in [3.05, 3.63) is 0 Å². The molecular weight excluding hydrogens is 200 g/mol. The molecule has 2 aliphatic rings. The van der Waals surface area contributed by atoms with E-state index in [9.17, 15) is 5.26 Å². The van der Waals surface area contributed by atoms with Gasteiger partial charge >= 0.3 is 0 Å². The van der Waals surface area contributed by atoms with Crippen molar-refractivity contribution in [2.24, 2.45) is 0 Å². The molecule has 0 saturated heterocycles. The maximum absolute atomic E-state index is 9.25. The first-order valence-electron chi connectivity index (χ1n) is 6.46. The topological polar surface area (TPSA) is 45.0 Å². The van der Waals surface area contributed by atoms with Gasteiger partial charge in [0.1, 0.15) is 5.54 Å². The van der Waals surface area contributed by atoms with E-state index < -0.39 is 5.54 Å². The van der Waals surface area contributed by atoms with Crippen molar-refractivity contribution in [2.45, 2.75) is 76.2 Å². The van der Waals surface area contributed by atoms with Crippen molar-refractivity contribution >= 4 is 0 Å². The van der Waals surface area contributed by atoms with Crippen molar-refractivity contribution in [2.75, 3.05) is 0 Å². The highest BCUT2D eigenvalue weighted by atomic mass is 16.5. The van der Waals surface area contributed by atoms with Gasteiger partial charge in [-0.25, -0.2) is 0 Å². The summed E-state index contributed by atoms with van der Waals surface area (Å²) in [6, 6.07) is 2.97. The van der Waals surface area contributed by atoms with Gasteiger partial charge in [-0.05, 0) is 46.0 Å². The van der Waals surface area contributed by atoms with Crippen molar-refractivity contribution in [1.29, 1.82) is 5.26 Å². The van der Waals surface area contributed by atoms with Crippen molar-refractivity contribution in [3.63, 3.8) is 0 Å². The van der Waals surface area contributed by atoms with Gasteiger partial charge in [0.05, 0.1) is 18.3 Å². The van der Waals surface area contributed by atoms with E-state index in [1.165, 1.54) is 32.1 Å². The number of hydrogen-bond acceptors (Lipinski definition) is 3. The van der Waals surface area contributed by atoms with E-state index in [0.717, 1.165) is 6.42 Å². The Hall–Kier alpha value is -0.590. The molecule has 2 saturated carbocycles. The lowest BCUT2D eigenvalue weighted by Gasteiger charge is -2.32. The zero-order valence-corrected chi connectivity index (χ0v) is 10.3. The third-order valence-electron chi connectivity index (χ3n) is 3.52. The van der Waals surface area contributed by atoms with Crippen LogP contribution < -0.4 is 5.32 Å². The molecule has 3 nitrogen and oxygen atoms in total. The molecule has 1 N–H and O–H groups in total. The van der Waals surface area contributed by atoms with E-state index >= 15 is 0 Å². The van der Waals surface area contributed by atoms with Crippen molar-refractivity contribution in [1.82, 2.24) is 5.32 Å². The molecule has 0 aromatic heterocycles. The average Bonchev–Trinajstić information content (AvgIpc) is 2.95. The Balaban J connectivity index is 1.77. The summed E-state index contributed by atoms with van der Waals surface area (Å²) in [4.78, 5) is 0. The summed E-state index contributed by atoms with van der Waals surface area (Å²) in [6.07, 6.45) is 7.56. The van der Waals surface area contributed by atoms with Crippen LogP contribution in [0.3, 0.4) is 0 Å². The molecule has 90 valence electrons. The molecule has 0 bridgehead atoms. The molecule has 2 aliphatic carbocycles. The number of nitrogens with zero attached hydrogens (tertiary/aromatic N) is 1. The first-order valence-corrected chi connectivity index (χ1v) is 6.46. The van der Waals surface area contributed by atoms with Gasteiger partial charge in [-0.1, -0.05) is 0 Å². The maximum atomic E-state index is 9.25. The van der Waals surface area contributed by atoms with Gasteiger partial charge in [-0.3, -0.25) is 5.32 Å².